The summed E-state index contributed by atoms with van der Waals surface area (Å²) in [5, 5.41) is 0. The molecule has 0 amide bonds. The minimum atomic E-state index is -4.67. The molecule has 0 aliphatic rings. The molecular formula is C16H15F3O2. The summed E-state index contributed by atoms with van der Waals surface area (Å²) in [7, 11) is 0. The number of ether oxygens (including phenoxy) is 2. The van der Waals surface area contributed by atoms with Crippen molar-refractivity contribution in [3.63, 3.8) is 0 Å². The van der Waals surface area contributed by atoms with Crippen molar-refractivity contribution in [3.8, 4) is 11.5 Å². The highest BCUT2D eigenvalue weighted by Crippen LogP contribution is 2.23. The van der Waals surface area contributed by atoms with E-state index in [4.69, 9.17) is 4.74 Å². The van der Waals surface area contributed by atoms with Gasteiger partial charge in [0.1, 0.15) is 18.1 Å². The van der Waals surface area contributed by atoms with E-state index in [0.717, 1.165) is 22.4 Å². The summed E-state index contributed by atoms with van der Waals surface area (Å²) in [5.74, 6) is 0.501. The van der Waals surface area contributed by atoms with Crippen LogP contribution < -0.4 is 9.47 Å². The Morgan fingerprint density at radius 3 is 1.95 bits per heavy atom. The molecule has 2 nitrogen and oxygen atoms in total. The molecule has 0 unspecified atom stereocenters. The molecule has 0 aliphatic heterocycles. The monoisotopic (exact) mass is 296 g/mol. The lowest BCUT2D eigenvalue weighted by Crippen LogP contribution is -2.17. The third kappa shape index (κ3) is 5.02. The fourth-order valence-electron chi connectivity index (χ4n) is 1.97. The number of halogens is 3. The lowest BCUT2D eigenvalue weighted by Gasteiger charge is -2.10. The lowest BCUT2D eigenvalue weighted by molar-refractivity contribution is -0.274. The first-order chi connectivity index (χ1) is 9.82. The van der Waals surface area contributed by atoms with E-state index < -0.39 is 6.36 Å². The van der Waals surface area contributed by atoms with Crippen LogP contribution in [-0.4, -0.2) is 6.36 Å². The highest BCUT2D eigenvalue weighted by atomic mass is 19.4. The van der Waals surface area contributed by atoms with Gasteiger partial charge in [-0.05, 0) is 54.8 Å². The van der Waals surface area contributed by atoms with Gasteiger partial charge < -0.3 is 9.47 Å². The molecule has 0 N–H and O–H groups in total. The summed E-state index contributed by atoms with van der Waals surface area (Å²) in [6.07, 6.45) is -4.67. The largest absolute Gasteiger partial charge is 0.573 e. The highest BCUT2D eigenvalue weighted by Gasteiger charge is 2.30. The molecule has 0 heterocycles. The van der Waals surface area contributed by atoms with Crippen LogP contribution >= 0.6 is 0 Å². The number of benzene rings is 2. The average Bonchev–Trinajstić information content (AvgIpc) is 2.35. The van der Waals surface area contributed by atoms with E-state index in [1.807, 2.05) is 32.0 Å². The van der Waals surface area contributed by atoms with Gasteiger partial charge in [0.25, 0.3) is 0 Å². The Bertz CT molecular complexity index is 584. The Kier molecular flexibility index (Phi) is 4.40. The van der Waals surface area contributed by atoms with Gasteiger partial charge in [-0.3, -0.25) is 0 Å². The Balaban J connectivity index is 1.97. The Morgan fingerprint density at radius 1 is 0.857 bits per heavy atom. The fourth-order valence-corrected chi connectivity index (χ4v) is 1.97. The van der Waals surface area contributed by atoms with Crippen LogP contribution in [0.3, 0.4) is 0 Å². The van der Waals surface area contributed by atoms with Gasteiger partial charge in [0.15, 0.2) is 0 Å². The molecule has 0 saturated carbocycles. The molecule has 2 aromatic rings. The van der Waals surface area contributed by atoms with Crippen molar-refractivity contribution in [2.75, 3.05) is 0 Å². The molecule has 112 valence electrons. The molecule has 0 bridgehead atoms. The number of aryl methyl sites for hydroxylation is 2. The van der Waals surface area contributed by atoms with Crippen molar-refractivity contribution < 1.29 is 22.6 Å². The predicted molar refractivity (Wildman–Crippen MR) is 73.4 cm³/mol. The summed E-state index contributed by atoms with van der Waals surface area (Å²) >= 11 is 0. The van der Waals surface area contributed by atoms with Gasteiger partial charge in [0.2, 0.25) is 0 Å². The molecule has 0 radical (unpaired) electrons. The SMILES string of the molecule is Cc1cc(C)cc(OCc2ccc(OC(F)(F)F)cc2)c1. The van der Waals surface area contributed by atoms with Gasteiger partial charge in [0, 0.05) is 0 Å². The topological polar surface area (TPSA) is 18.5 Å². The van der Waals surface area contributed by atoms with Crippen molar-refractivity contribution in [3.05, 3.63) is 59.2 Å². The van der Waals surface area contributed by atoms with Gasteiger partial charge in [-0.1, -0.05) is 18.2 Å². The van der Waals surface area contributed by atoms with Crippen LogP contribution in [0.5, 0.6) is 11.5 Å². The van der Waals surface area contributed by atoms with Crippen LogP contribution in [0.2, 0.25) is 0 Å². The van der Waals surface area contributed by atoms with E-state index in [1.165, 1.54) is 12.1 Å². The molecule has 0 spiro atoms. The number of alkyl halides is 3. The molecule has 21 heavy (non-hydrogen) atoms. The van der Waals surface area contributed by atoms with Crippen LogP contribution in [0.15, 0.2) is 42.5 Å². The first-order valence-corrected chi connectivity index (χ1v) is 6.37. The zero-order chi connectivity index (χ0) is 15.5. The third-order valence-electron chi connectivity index (χ3n) is 2.76. The zero-order valence-electron chi connectivity index (χ0n) is 11.7. The van der Waals surface area contributed by atoms with E-state index in [-0.39, 0.29) is 12.4 Å². The third-order valence-corrected chi connectivity index (χ3v) is 2.76. The minimum absolute atomic E-state index is 0.238. The molecule has 0 aliphatic carbocycles. The summed E-state index contributed by atoms with van der Waals surface area (Å²) in [4.78, 5) is 0. The van der Waals surface area contributed by atoms with Crippen molar-refractivity contribution >= 4 is 0 Å². The van der Waals surface area contributed by atoms with E-state index in [1.54, 1.807) is 12.1 Å². The quantitative estimate of drug-likeness (QED) is 0.808. The molecule has 0 atom stereocenters. The number of rotatable bonds is 4. The van der Waals surface area contributed by atoms with Crippen LogP contribution in [-0.2, 0) is 6.61 Å². The fraction of sp³-hybridized carbons (Fsp3) is 0.250. The molecule has 2 rings (SSSR count). The molecule has 0 aromatic heterocycles. The van der Waals surface area contributed by atoms with Gasteiger partial charge in [-0.25, -0.2) is 0 Å². The lowest BCUT2D eigenvalue weighted by atomic mass is 10.1. The molecular weight excluding hydrogens is 281 g/mol. The normalized spacial score (nSPS) is 11.3. The van der Waals surface area contributed by atoms with Crippen LogP contribution in [0, 0.1) is 13.8 Å². The smallest absolute Gasteiger partial charge is 0.489 e. The summed E-state index contributed by atoms with van der Waals surface area (Å²) < 4.78 is 45.6. The van der Waals surface area contributed by atoms with Crippen molar-refractivity contribution in [2.45, 2.75) is 26.8 Å². The Hall–Kier alpha value is -2.17. The molecule has 5 heteroatoms. The van der Waals surface area contributed by atoms with E-state index >= 15 is 0 Å². The maximum Gasteiger partial charge on any atom is 0.573 e. The second-order valence-corrected chi connectivity index (χ2v) is 4.80. The zero-order valence-corrected chi connectivity index (χ0v) is 11.7. The van der Waals surface area contributed by atoms with E-state index in [0.29, 0.717) is 0 Å². The number of hydrogen-bond acceptors (Lipinski definition) is 2. The average molecular weight is 296 g/mol. The summed E-state index contributed by atoms with van der Waals surface area (Å²) in [6.45, 7) is 4.24. The van der Waals surface area contributed by atoms with Crippen LogP contribution in [0.4, 0.5) is 13.2 Å². The Labute approximate surface area is 121 Å². The first-order valence-electron chi connectivity index (χ1n) is 6.37. The summed E-state index contributed by atoms with van der Waals surface area (Å²) in [6, 6.07) is 11.5. The maximum absolute atomic E-state index is 12.0. The second-order valence-electron chi connectivity index (χ2n) is 4.80. The Morgan fingerprint density at radius 2 is 1.43 bits per heavy atom. The number of hydrogen-bond donors (Lipinski definition) is 0. The molecule has 0 fully saturated rings. The van der Waals surface area contributed by atoms with Crippen LogP contribution in [0.1, 0.15) is 16.7 Å². The minimum Gasteiger partial charge on any atom is -0.489 e. The maximum atomic E-state index is 12.0. The first kappa shape index (κ1) is 15.2. The highest BCUT2D eigenvalue weighted by molar-refractivity contribution is 5.33. The van der Waals surface area contributed by atoms with Gasteiger partial charge >= 0.3 is 6.36 Å². The van der Waals surface area contributed by atoms with E-state index in [2.05, 4.69) is 4.74 Å². The van der Waals surface area contributed by atoms with Crippen molar-refractivity contribution in [2.24, 2.45) is 0 Å². The van der Waals surface area contributed by atoms with Crippen molar-refractivity contribution in [1.29, 1.82) is 0 Å². The van der Waals surface area contributed by atoms with Crippen molar-refractivity contribution in [1.82, 2.24) is 0 Å². The van der Waals surface area contributed by atoms with Gasteiger partial charge in [-0.2, -0.15) is 0 Å². The van der Waals surface area contributed by atoms with Crippen LogP contribution in [0.25, 0.3) is 0 Å². The standard InChI is InChI=1S/C16H15F3O2/c1-11-7-12(2)9-15(8-11)20-10-13-3-5-14(6-4-13)21-16(17,18)19/h3-9H,10H2,1-2H3. The molecule has 2 aromatic carbocycles. The second kappa shape index (κ2) is 6.08. The summed E-state index contributed by atoms with van der Waals surface area (Å²) in [5.41, 5.74) is 2.96. The molecule has 0 saturated heterocycles. The predicted octanol–water partition coefficient (Wildman–Crippen LogP) is 4.78. The van der Waals surface area contributed by atoms with Gasteiger partial charge in [0.05, 0.1) is 0 Å². The van der Waals surface area contributed by atoms with E-state index in [9.17, 15) is 13.2 Å². The van der Waals surface area contributed by atoms with Gasteiger partial charge in [-0.15, -0.1) is 13.2 Å².